The average molecular weight is 363 g/mol. The molecule has 0 aromatic carbocycles. The van der Waals surface area contributed by atoms with Crippen molar-refractivity contribution < 1.29 is 0 Å². The van der Waals surface area contributed by atoms with E-state index in [1.165, 1.54) is 0 Å². The van der Waals surface area contributed by atoms with Gasteiger partial charge in [0.15, 0.2) is 11.8 Å². The van der Waals surface area contributed by atoms with Crippen molar-refractivity contribution in [3.05, 3.63) is 11.6 Å². The molecule has 26 heavy (non-hydrogen) atoms. The first-order valence-electron chi connectivity index (χ1n) is 9.75. The maximum absolute atomic E-state index is 4.66. The largest absolute Gasteiger partial charge is 0.355 e. The van der Waals surface area contributed by atoms with Crippen LogP contribution in [-0.4, -0.2) is 89.9 Å². The van der Waals surface area contributed by atoms with Gasteiger partial charge < -0.3 is 15.5 Å². The van der Waals surface area contributed by atoms with E-state index in [9.17, 15) is 0 Å². The average Bonchev–Trinajstić information content (AvgIpc) is 3.05. The van der Waals surface area contributed by atoms with E-state index >= 15 is 0 Å². The Morgan fingerprint density at radius 2 is 2.08 bits per heavy atom. The van der Waals surface area contributed by atoms with E-state index in [4.69, 9.17) is 0 Å². The van der Waals surface area contributed by atoms with Crippen LogP contribution in [0.2, 0.25) is 0 Å². The first kappa shape index (κ1) is 19.1. The van der Waals surface area contributed by atoms with Crippen molar-refractivity contribution in [2.24, 2.45) is 4.99 Å². The van der Waals surface area contributed by atoms with Gasteiger partial charge in [-0.3, -0.25) is 9.89 Å². The summed E-state index contributed by atoms with van der Waals surface area (Å²) in [6.07, 6.45) is 2.02. The fraction of sp³-hybridized carbons (Fsp3) is 0.833. The highest BCUT2D eigenvalue weighted by molar-refractivity contribution is 5.80. The van der Waals surface area contributed by atoms with Crippen molar-refractivity contribution in [3.63, 3.8) is 0 Å². The maximum Gasteiger partial charge on any atom is 0.191 e. The molecule has 3 rings (SSSR count). The Labute approximate surface area is 157 Å². The number of aryl methyl sites for hydroxylation is 1. The van der Waals surface area contributed by atoms with Crippen LogP contribution in [0.3, 0.4) is 0 Å². The fourth-order valence-electron chi connectivity index (χ4n) is 3.61. The molecular formula is C18H34N8. The number of rotatable bonds is 4. The van der Waals surface area contributed by atoms with Crippen molar-refractivity contribution in [2.45, 2.75) is 51.2 Å². The number of nitrogens with one attached hydrogen (secondary N) is 2. The normalized spacial score (nSPS) is 25.4. The summed E-state index contributed by atoms with van der Waals surface area (Å²) in [4.78, 5) is 13.9. The SMILES string of the molecule is CN=C(NCC1CN(C)CCN1C)NC1CCc2nc(C(C)C)nn2C1. The van der Waals surface area contributed by atoms with E-state index in [-0.39, 0.29) is 0 Å². The first-order valence-corrected chi connectivity index (χ1v) is 9.75. The summed E-state index contributed by atoms with van der Waals surface area (Å²) in [6.45, 7) is 9.38. The summed E-state index contributed by atoms with van der Waals surface area (Å²) in [6, 6.07) is 0.844. The third-order valence-electron chi connectivity index (χ3n) is 5.44. The number of fused-ring (bicyclic) bond motifs is 1. The van der Waals surface area contributed by atoms with Gasteiger partial charge in [0.2, 0.25) is 0 Å². The van der Waals surface area contributed by atoms with Gasteiger partial charge in [-0.2, -0.15) is 5.10 Å². The molecule has 1 saturated heterocycles. The Morgan fingerprint density at radius 3 is 2.81 bits per heavy atom. The molecule has 146 valence electrons. The van der Waals surface area contributed by atoms with Gasteiger partial charge in [0.1, 0.15) is 5.82 Å². The lowest BCUT2D eigenvalue weighted by molar-refractivity contribution is 0.116. The lowest BCUT2D eigenvalue weighted by atomic mass is 10.1. The van der Waals surface area contributed by atoms with Crippen LogP contribution in [0.25, 0.3) is 0 Å². The van der Waals surface area contributed by atoms with E-state index in [0.717, 1.165) is 63.2 Å². The summed E-state index contributed by atoms with van der Waals surface area (Å²) in [7, 11) is 6.23. The highest BCUT2D eigenvalue weighted by atomic mass is 15.4. The molecule has 0 aliphatic carbocycles. The molecular weight excluding hydrogens is 328 g/mol. The number of aliphatic imine (C=N–C) groups is 1. The molecule has 2 aliphatic heterocycles. The topological polar surface area (TPSA) is 73.6 Å². The number of hydrogen-bond donors (Lipinski definition) is 2. The molecule has 0 spiro atoms. The van der Waals surface area contributed by atoms with E-state index < -0.39 is 0 Å². The summed E-state index contributed by atoms with van der Waals surface area (Å²) in [5, 5.41) is 11.7. The molecule has 0 bridgehead atoms. The first-order chi connectivity index (χ1) is 12.5. The quantitative estimate of drug-likeness (QED) is 0.586. The molecule has 0 radical (unpaired) electrons. The molecule has 1 fully saturated rings. The standard InChI is InChI=1S/C18H34N8/c1-13(2)17-22-16-7-6-14(11-26(16)23-17)21-18(19-3)20-10-15-12-24(4)8-9-25(15)5/h13-15H,6-12H2,1-5H3,(H2,19,20,21). The van der Waals surface area contributed by atoms with Crippen molar-refractivity contribution in [1.82, 2.24) is 35.2 Å². The fourth-order valence-corrected chi connectivity index (χ4v) is 3.61. The van der Waals surface area contributed by atoms with E-state index in [1.54, 1.807) is 0 Å². The molecule has 0 saturated carbocycles. The number of likely N-dealkylation sites (N-methyl/N-ethyl adjacent to an activating group) is 2. The third kappa shape index (κ3) is 4.54. The Balaban J connectivity index is 1.52. The molecule has 3 heterocycles. The molecule has 1 aromatic heterocycles. The summed E-state index contributed by atoms with van der Waals surface area (Å²) in [5.74, 6) is 3.32. The number of hydrogen-bond acceptors (Lipinski definition) is 5. The van der Waals surface area contributed by atoms with Crippen LogP contribution in [0.5, 0.6) is 0 Å². The molecule has 2 atom stereocenters. The predicted molar refractivity (Wildman–Crippen MR) is 105 cm³/mol. The molecule has 2 N–H and O–H groups in total. The number of piperazine rings is 1. The van der Waals surface area contributed by atoms with Crippen LogP contribution in [-0.2, 0) is 13.0 Å². The monoisotopic (exact) mass is 362 g/mol. The van der Waals surface area contributed by atoms with E-state index in [2.05, 4.69) is 68.1 Å². The molecule has 1 aromatic rings. The van der Waals surface area contributed by atoms with Gasteiger partial charge >= 0.3 is 0 Å². The van der Waals surface area contributed by atoms with E-state index in [1.807, 2.05) is 7.05 Å². The number of guanidine groups is 1. The Kier molecular flexibility index (Phi) is 6.13. The van der Waals surface area contributed by atoms with Crippen LogP contribution in [0.4, 0.5) is 0 Å². The molecule has 2 aliphatic rings. The maximum atomic E-state index is 4.66. The van der Waals surface area contributed by atoms with Gasteiger partial charge in [0.25, 0.3) is 0 Å². The van der Waals surface area contributed by atoms with Gasteiger partial charge in [-0.15, -0.1) is 0 Å². The Bertz CT molecular complexity index is 623. The van der Waals surface area contributed by atoms with Gasteiger partial charge in [-0.1, -0.05) is 13.8 Å². The molecule has 8 nitrogen and oxygen atoms in total. The van der Waals surface area contributed by atoms with Gasteiger partial charge in [0, 0.05) is 57.6 Å². The minimum atomic E-state index is 0.335. The Hall–Kier alpha value is -1.67. The zero-order chi connectivity index (χ0) is 18.7. The minimum Gasteiger partial charge on any atom is -0.355 e. The summed E-state index contributed by atoms with van der Waals surface area (Å²) >= 11 is 0. The minimum absolute atomic E-state index is 0.335. The molecule has 8 heteroatoms. The Morgan fingerprint density at radius 1 is 1.27 bits per heavy atom. The second-order valence-corrected chi connectivity index (χ2v) is 7.95. The second kappa shape index (κ2) is 8.35. The van der Waals surface area contributed by atoms with Crippen LogP contribution >= 0.6 is 0 Å². The van der Waals surface area contributed by atoms with Crippen molar-refractivity contribution in [1.29, 1.82) is 0 Å². The van der Waals surface area contributed by atoms with E-state index in [0.29, 0.717) is 18.0 Å². The predicted octanol–water partition coefficient (Wildman–Crippen LogP) is 0.127. The van der Waals surface area contributed by atoms with Crippen molar-refractivity contribution in [3.8, 4) is 0 Å². The molecule has 2 unspecified atom stereocenters. The van der Waals surface area contributed by atoms with Crippen LogP contribution in [0.15, 0.2) is 4.99 Å². The summed E-state index contributed by atoms with van der Waals surface area (Å²) < 4.78 is 2.06. The number of aromatic nitrogens is 3. The van der Waals surface area contributed by atoms with Crippen LogP contribution in [0, 0.1) is 0 Å². The highest BCUT2D eigenvalue weighted by Gasteiger charge is 2.25. The number of nitrogens with zero attached hydrogens (tertiary/aromatic N) is 6. The second-order valence-electron chi connectivity index (χ2n) is 7.95. The third-order valence-corrected chi connectivity index (χ3v) is 5.44. The van der Waals surface area contributed by atoms with Crippen molar-refractivity contribution >= 4 is 5.96 Å². The van der Waals surface area contributed by atoms with Crippen LogP contribution < -0.4 is 10.6 Å². The van der Waals surface area contributed by atoms with Crippen molar-refractivity contribution in [2.75, 3.05) is 47.3 Å². The molecule has 0 amide bonds. The summed E-state index contributed by atoms with van der Waals surface area (Å²) in [5.41, 5.74) is 0. The van der Waals surface area contributed by atoms with Gasteiger partial charge in [-0.25, -0.2) is 9.67 Å². The lowest BCUT2D eigenvalue weighted by Crippen LogP contribution is -2.56. The zero-order valence-electron chi connectivity index (χ0n) is 16.9. The highest BCUT2D eigenvalue weighted by Crippen LogP contribution is 2.17. The van der Waals surface area contributed by atoms with Gasteiger partial charge in [0.05, 0.1) is 6.54 Å². The zero-order valence-corrected chi connectivity index (χ0v) is 16.9. The lowest BCUT2D eigenvalue weighted by Gasteiger charge is -2.38. The smallest absolute Gasteiger partial charge is 0.191 e. The van der Waals surface area contributed by atoms with Gasteiger partial charge in [-0.05, 0) is 20.5 Å². The van der Waals surface area contributed by atoms with Crippen LogP contribution in [0.1, 0.15) is 37.8 Å².